The summed E-state index contributed by atoms with van der Waals surface area (Å²) in [4.78, 5) is 0. The van der Waals surface area contributed by atoms with Gasteiger partial charge in [-0.1, -0.05) is 25.7 Å². The largest absolute Gasteiger partial charge is 0.381 e. The zero-order valence-electron chi connectivity index (χ0n) is 8.05. The first-order valence-corrected chi connectivity index (χ1v) is 7.57. The van der Waals surface area contributed by atoms with Crippen molar-refractivity contribution in [1.29, 1.82) is 0 Å². The van der Waals surface area contributed by atoms with Crippen LogP contribution in [-0.4, -0.2) is 21.3 Å². The second-order valence-corrected chi connectivity index (χ2v) is 8.90. The minimum absolute atomic E-state index is 0.277. The highest BCUT2D eigenvalue weighted by atomic mass is 28.3. The molecule has 0 aromatic rings. The molecule has 0 aromatic heterocycles. The molecule has 0 spiro atoms. The van der Waals surface area contributed by atoms with Crippen LogP contribution in [0.25, 0.3) is 0 Å². The number of rotatable bonds is 5. The molecule has 0 aliphatic heterocycles. The molecule has 1 radical (unpaired) electrons. The highest BCUT2D eigenvalue weighted by Crippen LogP contribution is 2.13. The molecule has 65 valence electrons. The third-order valence-corrected chi connectivity index (χ3v) is 2.76. The van der Waals surface area contributed by atoms with Crippen molar-refractivity contribution < 1.29 is 4.74 Å². The van der Waals surface area contributed by atoms with E-state index >= 15 is 0 Å². The highest BCUT2D eigenvalue weighted by molar-refractivity contribution is 6.79. The monoisotopic (exact) mass is 171 g/mol. The number of methoxy groups -OCH3 is 1. The summed E-state index contributed by atoms with van der Waals surface area (Å²) in [5, 5.41) is 0. The Morgan fingerprint density at radius 2 is 2.00 bits per heavy atom. The smallest absolute Gasteiger partial charge is 0.0611 e. The van der Waals surface area contributed by atoms with E-state index in [9.17, 15) is 0 Å². The van der Waals surface area contributed by atoms with Crippen LogP contribution in [0.4, 0.5) is 0 Å². The Morgan fingerprint density at radius 1 is 1.45 bits per heavy atom. The van der Waals surface area contributed by atoms with Gasteiger partial charge in [0.2, 0.25) is 0 Å². The second kappa shape index (κ2) is 4.73. The standard InChI is InChI=1S/C9H19OSi/c1-6-7-9(10-2)8-11(3,4)5/h6,8-9H,1,7H2,2-5H3. The van der Waals surface area contributed by atoms with Crippen LogP contribution in [0.1, 0.15) is 6.42 Å². The first-order valence-electron chi connectivity index (χ1n) is 3.99. The number of ether oxygens (including phenoxy) is 1. The summed E-state index contributed by atoms with van der Waals surface area (Å²) in [5.41, 5.74) is 0. The molecule has 0 saturated carbocycles. The second-order valence-electron chi connectivity index (χ2n) is 3.83. The first kappa shape index (κ1) is 10.9. The summed E-state index contributed by atoms with van der Waals surface area (Å²) in [7, 11) is 0.678. The average molecular weight is 171 g/mol. The molecule has 2 heteroatoms. The topological polar surface area (TPSA) is 9.23 Å². The van der Waals surface area contributed by atoms with Gasteiger partial charge in [-0.2, -0.15) is 0 Å². The van der Waals surface area contributed by atoms with Gasteiger partial charge in [0.15, 0.2) is 0 Å². The van der Waals surface area contributed by atoms with Gasteiger partial charge in [0.1, 0.15) is 0 Å². The van der Waals surface area contributed by atoms with Gasteiger partial charge in [0.25, 0.3) is 0 Å². The summed E-state index contributed by atoms with van der Waals surface area (Å²) in [6.07, 6.45) is 3.12. The average Bonchev–Trinajstić information content (AvgIpc) is 1.84. The molecule has 0 fully saturated rings. The Bertz CT molecular complexity index is 115. The quantitative estimate of drug-likeness (QED) is 0.456. The predicted octanol–water partition coefficient (Wildman–Crippen LogP) is 2.66. The van der Waals surface area contributed by atoms with Crippen molar-refractivity contribution in [3.63, 3.8) is 0 Å². The Hall–Kier alpha value is -0.0831. The highest BCUT2D eigenvalue weighted by Gasteiger charge is 2.19. The molecule has 0 N–H and O–H groups in total. The molecule has 1 unspecified atom stereocenters. The van der Waals surface area contributed by atoms with E-state index in [2.05, 4.69) is 32.3 Å². The van der Waals surface area contributed by atoms with Gasteiger partial charge in [-0.05, 0) is 12.5 Å². The fourth-order valence-electron chi connectivity index (χ4n) is 0.954. The van der Waals surface area contributed by atoms with E-state index in [0.717, 1.165) is 6.42 Å². The third kappa shape index (κ3) is 6.32. The van der Waals surface area contributed by atoms with Crippen molar-refractivity contribution in [2.24, 2.45) is 0 Å². The molecule has 0 aliphatic carbocycles. The van der Waals surface area contributed by atoms with E-state index in [1.807, 2.05) is 6.08 Å². The molecule has 0 bridgehead atoms. The molecule has 0 aliphatic rings. The van der Waals surface area contributed by atoms with Gasteiger partial charge in [0, 0.05) is 7.11 Å². The van der Waals surface area contributed by atoms with Gasteiger partial charge in [-0.25, -0.2) is 0 Å². The van der Waals surface area contributed by atoms with E-state index in [0.29, 0.717) is 0 Å². The number of hydrogen-bond donors (Lipinski definition) is 0. The van der Waals surface area contributed by atoms with Gasteiger partial charge in [-0.15, -0.1) is 6.58 Å². The van der Waals surface area contributed by atoms with Crippen molar-refractivity contribution >= 4 is 8.07 Å². The summed E-state index contributed by atoms with van der Waals surface area (Å²) < 4.78 is 5.27. The zero-order valence-corrected chi connectivity index (χ0v) is 9.05. The fraction of sp³-hybridized carbons (Fsp3) is 0.667. The maximum atomic E-state index is 5.27. The summed E-state index contributed by atoms with van der Waals surface area (Å²) >= 11 is 0. The van der Waals surface area contributed by atoms with Crippen LogP contribution in [0.3, 0.4) is 0 Å². The normalized spacial score (nSPS) is 14.5. The van der Waals surface area contributed by atoms with E-state index in [1.54, 1.807) is 7.11 Å². The molecule has 0 aromatic carbocycles. The lowest BCUT2D eigenvalue weighted by atomic mass is 10.3. The van der Waals surface area contributed by atoms with Crippen LogP contribution in [0.15, 0.2) is 12.7 Å². The Morgan fingerprint density at radius 3 is 2.27 bits per heavy atom. The molecule has 0 heterocycles. The molecular formula is C9H19OSi. The predicted molar refractivity (Wildman–Crippen MR) is 53.3 cm³/mol. The third-order valence-electron chi connectivity index (χ3n) is 1.39. The van der Waals surface area contributed by atoms with Crippen molar-refractivity contribution in [2.45, 2.75) is 32.2 Å². The van der Waals surface area contributed by atoms with Crippen LogP contribution < -0.4 is 0 Å². The Balaban J connectivity index is 3.77. The molecular weight excluding hydrogens is 152 g/mol. The Labute approximate surface area is 71.5 Å². The lowest BCUT2D eigenvalue weighted by Crippen LogP contribution is -2.29. The summed E-state index contributed by atoms with van der Waals surface area (Å²) in [6, 6.07) is 2.34. The van der Waals surface area contributed by atoms with Crippen LogP contribution in [0.5, 0.6) is 0 Å². The fourth-order valence-corrected chi connectivity index (χ4v) is 2.34. The van der Waals surface area contributed by atoms with Crippen LogP contribution in [0, 0.1) is 6.04 Å². The minimum Gasteiger partial charge on any atom is -0.381 e. The lowest BCUT2D eigenvalue weighted by Gasteiger charge is -2.21. The Kier molecular flexibility index (Phi) is 4.69. The van der Waals surface area contributed by atoms with Crippen molar-refractivity contribution in [3.05, 3.63) is 18.7 Å². The summed E-state index contributed by atoms with van der Waals surface area (Å²) in [5.74, 6) is 0. The summed E-state index contributed by atoms with van der Waals surface area (Å²) in [6.45, 7) is 10.6. The van der Waals surface area contributed by atoms with Gasteiger partial charge in [-0.3, -0.25) is 0 Å². The molecule has 0 rings (SSSR count). The lowest BCUT2D eigenvalue weighted by molar-refractivity contribution is 0.136. The van der Waals surface area contributed by atoms with E-state index in [-0.39, 0.29) is 6.10 Å². The van der Waals surface area contributed by atoms with Crippen molar-refractivity contribution in [3.8, 4) is 0 Å². The zero-order chi connectivity index (χ0) is 8.91. The maximum absolute atomic E-state index is 5.27. The molecule has 0 amide bonds. The van der Waals surface area contributed by atoms with Crippen LogP contribution in [0.2, 0.25) is 19.6 Å². The van der Waals surface area contributed by atoms with E-state index in [1.165, 1.54) is 0 Å². The van der Waals surface area contributed by atoms with Gasteiger partial charge >= 0.3 is 0 Å². The van der Waals surface area contributed by atoms with Crippen LogP contribution in [-0.2, 0) is 4.74 Å². The van der Waals surface area contributed by atoms with Gasteiger partial charge < -0.3 is 4.74 Å². The van der Waals surface area contributed by atoms with Crippen LogP contribution >= 0.6 is 0 Å². The van der Waals surface area contributed by atoms with Crippen molar-refractivity contribution in [1.82, 2.24) is 0 Å². The molecule has 1 atom stereocenters. The van der Waals surface area contributed by atoms with Gasteiger partial charge in [0.05, 0.1) is 14.2 Å². The molecule has 0 saturated heterocycles. The molecule has 11 heavy (non-hydrogen) atoms. The van der Waals surface area contributed by atoms with Crippen molar-refractivity contribution in [2.75, 3.05) is 7.11 Å². The number of hydrogen-bond acceptors (Lipinski definition) is 1. The van der Waals surface area contributed by atoms with E-state index < -0.39 is 8.07 Å². The SMILES string of the molecule is C=CCC([CH][Si](C)(C)C)OC. The maximum Gasteiger partial charge on any atom is 0.0611 e. The minimum atomic E-state index is -1.08. The first-order chi connectivity index (χ1) is 4.99. The van der Waals surface area contributed by atoms with E-state index in [4.69, 9.17) is 4.74 Å². The molecule has 1 nitrogen and oxygen atoms in total.